The fraction of sp³-hybridized carbons (Fsp3) is 0.306. The molecule has 0 aliphatic rings. The lowest BCUT2D eigenvalue weighted by Crippen LogP contribution is -2.39. The topological polar surface area (TPSA) is 95.9 Å². The van der Waals surface area contributed by atoms with Crippen molar-refractivity contribution in [3.05, 3.63) is 133 Å². The van der Waals surface area contributed by atoms with Gasteiger partial charge in [0.2, 0.25) is 11.8 Å². The lowest BCUT2D eigenvalue weighted by atomic mass is 9.96. The summed E-state index contributed by atoms with van der Waals surface area (Å²) in [6.07, 6.45) is 3.83. The number of carbonyl (C=O) groups excluding carboxylic acids is 3. The predicted octanol–water partition coefficient (Wildman–Crippen LogP) is 5.43. The Hall–Kier alpha value is -4.49. The minimum atomic E-state index is -0.718. The first kappa shape index (κ1) is 33.0. The molecule has 3 aromatic carbocycles. The van der Waals surface area contributed by atoms with Gasteiger partial charge < -0.3 is 20.1 Å². The fourth-order valence-electron chi connectivity index (χ4n) is 4.87. The van der Waals surface area contributed by atoms with Crippen LogP contribution in [-0.2, 0) is 32.1 Å². The van der Waals surface area contributed by atoms with E-state index >= 15 is 0 Å². The predicted molar refractivity (Wildman–Crippen MR) is 169 cm³/mol. The molecular weight excluding hydrogens is 540 g/mol. The molecule has 0 aromatic heterocycles. The number of allylic oxidation sites excluding steroid dienone is 2. The normalized spacial score (nSPS) is 12.8. The minimum Gasteiger partial charge on any atom is -0.455 e. The maximum Gasteiger partial charge on any atom is 0.310 e. The van der Waals surface area contributed by atoms with Gasteiger partial charge in [-0.3, -0.25) is 14.4 Å². The zero-order chi connectivity index (χ0) is 30.9. The molecule has 7 nitrogen and oxygen atoms in total. The number of benzene rings is 3. The summed E-state index contributed by atoms with van der Waals surface area (Å²) in [6.45, 7) is 7.95. The second-order valence-corrected chi connectivity index (χ2v) is 10.4. The van der Waals surface area contributed by atoms with Crippen molar-refractivity contribution in [1.82, 2.24) is 10.2 Å². The Balaban J connectivity index is 1.69. The number of aliphatic hydroxyl groups excluding tert-OH is 1. The van der Waals surface area contributed by atoms with Crippen molar-refractivity contribution in [3.63, 3.8) is 0 Å². The van der Waals surface area contributed by atoms with E-state index < -0.39 is 17.9 Å². The summed E-state index contributed by atoms with van der Waals surface area (Å²) in [5, 5.41) is 12.5. The summed E-state index contributed by atoms with van der Waals surface area (Å²) in [5.74, 6) is -2.03. The van der Waals surface area contributed by atoms with Crippen molar-refractivity contribution in [3.8, 4) is 0 Å². The zero-order valence-electron chi connectivity index (χ0n) is 24.6. The highest BCUT2D eigenvalue weighted by atomic mass is 16.5. The standard InChI is InChI=1S/C36H42N2O5/c1-3-14-31(25-34(40)38(22-23-39)27-29-18-10-6-11-19-29)35(41)37-26-33(30-20-12-7-13-21-30)43-36(42)32(15-4-2)24-28-16-8-5-9-17-28/h3-13,16-21,31-33,39H,1-2,14-15,22-27H2,(H,37,41)/t31-,32+,33-/m1/s1. The number of hydrogen-bond acceptors (Lipinski definition) is 5. The van der Waals surface area contributed by atoms with Crippen LogP contribution < -0.4 is 5.32 Å². The summed E-state index contributed by atoms with van der Waals surface area (Å²) in [7, 11) is 0. The van der Waals surface area contributed by atoms with E-state index in [2.05, 4.69) is 18.5 Å². The van der Waals surface area contributed by atoms with Gasteiger partial charge in [0.05, 0.1) is 25.0 Å². The number of aliphatic hydroxyl groups is 1. The van der Waals surface area contributed by atoms with E-state index in [1.54, 1.807) is 17.1 Å². The second kappa shape index (κ2) is 18.1. The first-order valence-corrected chi connectivity index (χ1v) is 14.7. The molecule has 0 aliphatic heterocycles. The van der Waals surface area contributed by atoms with Crippen molar-refractivity contribution in [1.29, 1.82) is 0 Å². The third kappa shape index (κ3) is 11.0. The molecule has 7 heteroatoms. The van der Waals surface area contributed by atoms with Crippen LogP contribution in [0.2, 0.25) is 0 Å². The molecule has 0 fully saturated rings. The van der Waals surface area contributed by atoms with Crippen molar-refractivity contribution in [2.24, 2.45) is 11.8 Å². The number of ether oxygens (including phenoxy) is 1. The van der Waals surface area contributed by atoms with Crippen LogP contribution in [0.3, 0.4) is 0 Å². The molecule has 3 atom stereocenters. The molecule has 0 radical (unpaired) electrons. The zero-order valence-corrected chi connectivity index (χ0v) is 24.6. The average Bonchev–Trinajstić information content (AvgIpc) is 3.03. The number of rotatable bonds is 18. The number of carbonyl (C=O) groups is 3. The van der Waals surface area contributed by atoms with E-state index in [4.69, 9.17) is 4.74 Å². The van der Waals surface area contributed by atoms with E-state index in [1.807, 2.05) is 91.0 Å². The Morgan fingerprint density at radius 3 is 1.95 bits per heavy atom. The fourth-order valence-corrected chi connectivity index (χ4v) is 4.87. The second-order valence-electron chi connectivity index (χ2n) is 10.4. The van der Waals surface area contributed by atoms with Crippen molar-refractivity contribution in [2.75, 3.05) is 19.7 Å². The number of amides is 2. The number of nitrogens with zero attached hydrogens (tertiary/aromatic N) is 1. The first-order valence-electron chi connectivity index (χ1n) is 14.7. The Kier molecular flexibility index (Phi) is 13.9. The van der Waals surface area contributed by atoms with Crippen LogP contribution in [0.5, 0.6) is 0 Å². The monoisotopic (exact) mass is 582 g/mol. The summed E-state index contributed by atoms with van der Waals surface area (Å²) in [5.41, 5.74) is 2.71. The molecule has 2 amide bonds. The van der Waals surface area contributed by atoms with E-state index in [1.165, 1.54) is 0 Å². The third-order valence-electron chi connectivity index (χ3n) is 7.18. The van der Waals surface area contributed by atoms with E-state index in [0.29, 0.717) is 25.8 Å². The molecule has 0 heterocycles. The van der Waals surface area contributed by atoms with Gasteiger partial charge in [-0.2, -0.15) is 0 Å². The number of hydrogen-bond donors (Lipinski definition) is 2. The summed E-state index contributed by atoms with van der Waals surface area (Å²) >= 11 is 0. The summed E-state index contributed by atoms with van der Waals surface area (Å²) < 4.78 is 6.01. The summed E-state index contributed by atoms with van der Waals surface area (Å²) in [4.78, 5) is 41.5. The molecule has 3 rings (SSSR count). The largest absolute Gasteiger partial charge is 0.455 e. The highest BCUT2D eigenvalue weighted by Gasteiger charge is 2.27. The van der Waals surface area contributed by atoms with E-state index in [-0.39, 0.29) is 43.9 Å². The molecule has 0 saturated carbocycles. The van der Waals surface area contributed by atoms with Gasteiger partial charge in [-0.25, -0.2) is 0 Å². The molecule has 0 saturated heterocycles. The maximum atomic E-state index is 13.4. The van der Waals surface area contributed by atoms with Crippen LogP contribution in [0.25, 0.3) is 0 Å². The Morgan fingerprint density at radius 2 is 1.37 bits per heavy atom. The van der Waals surface area contributed by atoms with Crippen LogP contribution in [0.4, 0.5) is 0 Å². The molecule has 3 aromatic rings. The van der Waals surface area contributed by atoms with Crippen LogP contribution in [0, 0.1) is 11.8 Å². The molecule has 2 N–H and O–H groups in total. The van der Waals surface area contributed by atoms with Gasteiger partial charge in [0.25, 0.3) is 0 Å². The molecule has 43 heavy (non-hydrogen) atoms. The lowest BCUT2D eigenvalue weighted by molar-refractivity contribution is -0.154. The Bertz CT molecular complexity index is 1300. The number of esters is 1. The summed E-state index contributed by atoms with van der Waals surface area (Å²) in [6, 6.07) is 28.5. The van der Waals surface area contributed by atoms with Gasteiger partial charge in [0.1, 0.15) is 6.10 Å². The van der Waals surface area contributed by atoms with Crippen molar-refractivity contribution in [2.45, 2.75) is 38.3 Å². The van der Waals surface area contributed by atoms with Crippen LogP contribution in [0.1, 0.15) is 42.1 Å². The quantitative estimate of drug-likeness (QED) is 0.154. The smallest absolute Gasteiger partial charge is 0.310 e. The third-order valence-corrected chi connectivity index (χ3v) is 7.18. The van der Waals surface area contributed by atoms with Crippen LogP contribution in [0.15, 0.2) is 116 Å². The van der Waals surface area contributed by atoms with Crippen molar-refractivity contribution < 1.29 is 24.2 Å². The molecule has 0 spiro atoms. The first-order chi connectivity index (χ1) is 20.9. The molecular formula is C36H42N2O5. The van der Waals surface area contributed by atoms with Crippen molar-refractivity contribution >= 4 is 17.8 Å². The van der Waals surface area contributed by atoms with Crippen LogP contribution >= 0.6 is 0 Å². The average molecular weight is 583 g/mol. The van der Waals surface area contributed by atoms with Gasteiger partial charge in [-0.15, -0.1) is 13.2 Å². The number of nitrogens with one attached hydrogen (secondary N) is 1. The Labute approximate surface area is 254 Å². The van der Waals surface area contributed by atoms with E-state index in [0.717, 1.165) is 16.7 Å². The molecule has 0 aliphatic carbocycles. The highest BCUT2D eigenvalue weighted by molar-refractivity contribution is 5.86. The minimum absolute atomic E-state index is 0.0427. The van der Waals surface area contributed by atoms with Gasteiger partial charge in [-0.05, 0) is 36.0 Å². The van der Waals surface area contributed by atoms with Crippen LogP contribution in [-0.4, -0.2) is 47.5 Å². The highest BCUT2D eigenvalue weighted by Crippen LogP contribution is 2.23. The lowest BCUT2D eigenvalue weighted by Gasteiger charge is -2.25. The SMILES string of the molecule is C=CC[C@H](CC(=O)N(CCO)Cc1ccccc1)C(=O)NC[C@@H](OC(=O)[C@@H](CC=C)Cc1ccccc1)c1ccccc1. The molecule has 0 bridgehead atoms. The maximum absolute atomic E-state index is 13.4. The van der Waals surface area contributed by atoms with Gasteiger partial charge in [-0.1, -0.05) is 103 Å². The van der Waals surface area contributed by atoms with Gasteiger partial charge >= 0.3 is 5.97 Å². The molecule has 226 valence electrons. The van der Waals surface area contributed by atoms with E-state index in [9.17, 15) is 19.5 Å². The molecule has 0 unspecified atom stereocenters. The Morgan fingerprint density at radius 1 is 0.814 bits per heavy atom. The van der Waals surface area contributed by atoms with Gasteiger partial charge in [0.15, 0.2) is 0 Å². The van der Waals surface area contributed by atoms with Gasteiger partial charge in [0, 0.05) is 19.5 Å².